The highest BCUT2D eigenvalue weighted by Gasteiger charge is 2.28. The number of aromatic hydroxyl groups is 1. The van der Waals surface area contributed by atoms with E-state index in [1.807, 2.05) is 44.2 Å². The Balaban J connectivity index is 1.90. The van der Waals surface area contributed by atoms with Crippen LogP contribution in [0.1, 0.15) is 48.6 Å². The zero-order chi connectivity index (χ0) is 21.7. The van der Waals surface area contributed by atoms with Gasteiger partial charge < -0.3 is 14.8 Å². The number of aromatic nitrogens is 1. The van der Waals surface area contributed by atoms with Gasteiger partial charge in [-0.25, -0.2) is 0 Å². The van der Waals surface area contributed by atoms with Crippen LogP contribution in [-0.4, -0.2) is 28.3 Å². The van der Waals surface area contributed by atoms with Crippen molar-refractivity contribution in [3.63, 3.8) is 0 Å². The molecule has 1 aliphatic heterocycles. The zero-order valence-corrected chi connectivity index (χ0v) is 18.1. The number of rotatable bonds is 7. The normalized spacial score (nSPS) is 17.1. The molecule has 2 aromatic rings. The quantitative estimate of drug-likeness (QED) is 0.600. The molecule has 1 unspecified atom stereocenters. The van der Waals surface area contributed by atoms with Crippen molar-refractivity contribution in [3.05, 3.63) is 82.7 Å². The van der Waals surface area contributed by atoms with Crippen LogP contribution in [0, 0.1) is 13.8 Å². The highest BCUT2D eigenvalue weighted by atomic mass is 16.5. The van der Waals surface area contributed by atoms with Gasteiger partial charge >= 0.3 is 7.12 Å². The maximum atomic E-state index is 10.1. The highest BCUT2D eigenvalue weighted by molar-refractivity contribution is 6.43. The maximum absolute atomic E-state index is 10.1. The van der Waals surface area contributed by atoms with Crippen LogP contribution in [0.4, 0.5) is 0 Å². The molecule has 1 aromatic carbocycles. The molecule has 0 amide bonds. The Morgan fingerprint density at radius 3 is 2.67 bits per heavy atom. The molecule has 5 heteroatoms. The van der Waals surface area contributed by atoms with Gasteiger partial charge in [-0.15, -0.1) is 0 Å². The fraction of sp³-hybridized carbons (Fsp3) is 0.320. The SMILES string of the molecule is C=C(CC)C1=CCB(O)OC1CC/C(=C/c1cc(C)c(O)c(C)c1)c1ccccn1. The average molecular weight is 403 g/mol. The highest BCUT2D eigenvalue weighted by Crippen LogP contribution is 2.32. The van der Waals surface area contributed by atoms with Crippen molar-refractivity contribution in [2.75, 3.05) is 0 Å². The van der Waals surface area contributed by atoms with Crippen LogP contribution in [0.2, 0.25) is 6.32 Å². The van der Waals surface area contributed by atoms with Gasteiger partial charge in [0.1, 0.15) is 5.75 Å². The first kappa shape index (κ1) is 22.1. The molecular formula is C25H30BNO3. The van der Waals surface area contributed by atoms with Crippen molar-refractivity contribution in [3.8, 4) is 5.75 Å². The first-order chi connectivity index (χ1) is 14.4. The number of aryl methyl sites for hydroxylation is 2. The van der Waals surface area contributed by atoms with Crippen LogP contribution in [0.3, 0.4) is 0 Å². The van der Waals surface area contributed by atoms with Gasteiger partial charge in [-0.2, -0.15) is 0 Å². The minimum atomic E-state index is -0.770. The van der Waals surface area contributed by atoms with Gasteiger partial charge in [0.15, 0.2) is 0 Å². The average Bonchev–Trinajstić information content (AvgIpc) is 2.75. The van der Waals surface area contributed by atoms with E-state index in [-0.39, 0.29) is 6.10 Å². The Labute approximate surface area is 179 Å². The Morgan fingerprint density at radius 2 is 2.03 bits per heavy atom. The van der Waals surface area contributed by atoms with Crippen molar-refractivity contribution >= 4 is 18.8 Å². The third kappa shape index (κ3) is 5.29. The second-order valence-electron chi connectivity index (χ2n) is 7.86. The summed E-state index contributed by atoms with van der Waals surface area (Å²) in [5.74, 6) is 0.337. The lowest BCUT2D eigenvalue weighted by Gasteiger charge is -2.28. The molecule has 0 aliphatic carbocycles. The molecule has 4 nitrogen and oxygen atoms in total. The molecule has 0 fully saturated rings. The van der Waals surface area contributed by atoms with Gasteiger partial charge in [0.2, 0.25) is 0 Å². The monoisotopic (exact) mass is 403 g/mol. The number of nitrogens with zero attached hydrogens (tertiary/aromatic N) is 1. The third-order valence-electron chi connectivity index (χ3n) is 5.57. The predicted octanol–water partition coefficient (Wildman–Crippen LogP) is 5.50. The van der Waals surface area contributed by atoms with E-state index in [2.05, 4.69) is 30.6 Å². The molecule has 1 atom stereocenters. The minimum absolute atomic E-state index is 0.184. The summed E-state index contributed by atoms with van der Waals surface area (Å²) in [7, 11) is -0.770. The van der Waals surface area contributed by atoms with E-state index in [1.165, 1.54) is 0 Å². The van der Waals surface area contributed by atoms with Crippen LogP contribution in [0.15, 0.2) is 60.3 Å². The molecule has 30 heavy (non-hydrogen) atoms. The molecule has 0 saturated carbocycles. The summed E-state index contributed by atoms with van der Waals surface area (Å²) in [4.78, 5) is 4.55. The lowest BCUT2D eigenvalue weighted by Crippen LogP contribution is -2.31. The van der Waals surface area contributed by atoms with Gasteiger partial charge in [0.05, 0.1) is 11.8 Å². The van der Waals surface area contributed by atoms with Crippen molar-refractivity contribution < 1.29 is 14.8 Å². The summed E-state index contributed by atoms with van der Waals surface area (Å²) in [5, 5.41) is 20.1. The Bertz CT molecular complexity index is 943. The van der Waals surface area contributed by atoms with Gasteiger partial charge in [-0.3, -0.25) is 4.98 Å². The van der Waals surface area contributed by atoms with E-state index in [9.17, 15) is 10.1 Å². The van der Waals surface area contributed by atoms with Crippen LogP contribution >= 0.6 is 0 Å². The zero-order valence-electron chi connectivity index (χ0n) is 18.1. The summed E-state index contributed by atoms with van der Waals surface area (Å²) >= 11 is 0. The van der Waals surface area contributed by atoms with E-state index in [1.54, 1.807) is 6.20 Å². The Hall–Kier alpha value is -2.63. The number of benzene rings is 1. The molecule has 0 spiro atoms. The lowest BCUT2D eigenvalue weighted by atomic mass is 9.77. The first-order valence-corrected chi connectivity index (χ1v) is 10.5. The van der Waals surface area contributed by atoms with E-state index in [0.717, 1.165) is 58.4 Å². The van der Waals surface area contributed by atoms with Crippen molar-refractivity contribution in [1.82, 2.24) is 4.98 Å². The largest absolute Gasteiger partial charge is 0.507 e. The molecule has 1 aliphatic rings. The molecule has 2 heterocycles. The number of hydrogen-bond donors (Lipinski definition) is 2. The fourth-order valence-corrected chi connectivity index (χ4v) is 3.86. The van der Waals surface area contributed by atoms with Gasteiger partial charge in [0.25, 0.3) is 0 Å². The van der Waals surface area contributed by atoms with Crippen LogP contribution < -0.4 is 0 Å². The van der Waals surface area contributed by atoms with Crippen molar-refractivity contribution in [2.45, 2.75) is 52.5 Å². The summed E-state index contributed by atoms with van der Waals surface area (Å²) < 4.78 is 5.86. The number of phenolic OH excluding ortho intramolecular Hbond substituents is 1. The number of phenols is 1. The molecule has 1 aromatic heterocycles. The topological polar surface area (TPSA) is 62.6 Å². The number of hydrogen-bond acceptors (Lipinski definition) is 4. The van der Waals surface area contributed by atoms with Crippen molar-refractivity contribution in [1.29, 1.82) is 0 Å². The van der Waals surface area contributed by atoms with E-state index >= 15 is 0 Å². The van der Waals surface area contributed by atoms with E-state index < -0.39 is 7.12 Å². The first-order valence-electron chi connectivity index (χ1n) is 10.5. The van der Waals surface area contributed by atoms with Gasteiger partial charge in [-0.05, 0) is 91.3 Å². The molecule has 0 radical (unpaired) electrons. The number of pyridine rings is 1. The smallest absolute Gasteiger partial charge is 0.458 e. The summed E-state index contributed by atoms with van der Waals surface area (Å²) in [6.45, 7) is 10.1. The second-order valence-corrected chi connectivity index (χ2v) is 7.86. The number of allylic oxidation sites excluding steroid dienone is 2. The second kappa shape index (κ2) is 9.92. The third-order valence-corrected chi connectivity index (χ3v) is 5.57. The molecule has 0 bridgehead atoms. The van der Waals surface area contributed by atoms with Gasteiger partial charge in [0, 0.05) is 12.5 Å². The predicted molar refractivity (Wildman–Crippen MR) is 124 cm³/mol. The Morgan fingerprint density at radius 1 is 1.30 bits per heavy atom. The molecule has 2 N–H and O–H groups in total. The summed E-state index contributed by atoms with van der Waals surface area (Å²) in [6.07, 6.45) is 8.61. The molecule has 156 valence electrons. The summed E-state index contributed by atoms with van der Waals surface area (Å²) in [5.41, 5.74) is 6.89. The molecule has 3 rings (SSSR count). The van der Waals surface area contributed by atoms with Crippen LogP contribution in [-0.2, 0) is 4.65 Å². The minimum Gasteiger partial charge on any atom is -0.507 e. The van der Waals surface area contributed by atoms with Crippen LogP contribution in [0.5, 0.6) is 5.75 Å². The van der Waals surface area contributed by atoms with Crippen molar-refractivity contribution in [2.24, 2.45) is 0 Å². The van der Waals surface area contributed by atoms with E-state index in [4.69, 9.17) is 4.65 Å². The van der Waals surface area contributed by atoms with Gasteiger partial charge in [-0.1, -0.05) is 31.2 Å². The summed E-state index contributed by atoms with van der Waals surface area (Å²) in [6, 6.07) is 9.86. The van der Waals surface area contributed by atoms with Crippen LogP contribution in [0.25, 0.3) is 11.6 Å². The Kier molecular flexibility index (Phi) is 7.30. The fourth-order valence-electron chi connectivity index (χ4n) is 3.86. The molecule has 0 saturated heterocycles. The molecular weight excluding hydrogens is 373 g/mol. The standard InChI is InChI=1S/C25H30BNO3/c1-5-17(2)22-11-12-26(29)30-24(22)10-9-21(23-8-6-7-13-27-23)16-20-14-18(3)25(28)19(4)15-20/h6-8,11,13-16,24,28-29H,2,5,9-10,12H2,1,3-4H3/b21-16-. The lowest BCUT2D eigenvalue weighted by molar-refractivity contribution is 0.184. The maximum Gasteiger partial charge on any atom is 0.458 e. The van der Waals surface area contributed by atoms with E-state index in [0.29, 0.717) is 12.1 Å².